The highest BCUT2D eigenvalue weighted by molar-refractivity contribution is 5.97. The van der Waals surface area contributed by atoms with Crippen LogP contribution in [0.2, 0.25) is 0 Å². The van der Waals surface area contributed by atoms with Gasteiger partial charge in [0, 0.05) is 18.3 Å². The Morgan fingerprint density at radius 1 is 0.778 bits per heavy atom. The number of hydrogen-bond acceptors (Lipinski definition) is 13. The van der Waals surface area contributed by atoms with Gasteiger partial charge in [-0.2, -0.15) is 0 Å². The maximum absolute atomic E-state index is 13.5. The Kier molecular flexibility index (Phi) is 20.4. The predicted octanol–water partition coefficient (Wildman–Crippen LogP) is -5.28. The molecule has 7 amide bonds. The summed E-state index contributed by atoms with van der Waals surface area (Å²) in [4.78, 5) is 108. The molecule has 54 heavy (non-hydrogen) atoms. The van der Waals surface area contributed by atoms with Crippen LogP contribution in [0.25, 0.3) is 0 Å². The van der Waals surface area contributed by atoms with Gasteiger partial charge in [0.05, 0.1) is 31.5 Å². The van der Waals surface area contributed by atoms with Gasteiger partial charge in [0.1, 0.15) is 36.3 Å². The quantitative estimate of drug-likeness (QED) is 0.0414. The summed E-state index contributed by atoms with van der Waals surface area (Å²) in [5.74, 6) is -7.91. The van der Waals surface area contributed by atoms with Gasteiger partial charge in [-0.3, -0.25) is 33.6 Å². The van der Waals surface area contributed by atoms with Gasteiger partial charge in [0.25, 0.3) is 0 Å². The number of carbonyl (C=O) groups excluding carboxylic acids is 7. The van der Waals surface area contributed by atoms with E-state index in [-0.39, 0.29) is 31.7 Å². The zero-order chi connectivity index (χ0) is 41.1. The number of aliphatic hydroxyl groups is 2. The van der Waals surface area contributed by atoms with Crippen LogP contribution in [0.4, 0.5) is 0 Å². The van der Waals surface area contributed by atoms with Crippen molar-refractivity contribution < 1.29 is 53.7 Å². The largest absolute Gasteiger partial charge is 0.480 e. The first-order valence-corrected chi connectivity index (χ1v) is 17.4. The van der Waals surface area contributed by atoms with E-state index in [9.17, 15) is 53.7 Å². The molecule has 22 heteroatoms. The number of nitrogens with two attached hydrogens (primary N) is 3. The van der Waals surface area contributed by atoms with E-state index in [1.807, 2.05) is 0 Å². The van der Waals surface area contributed by atoms with Gasteiger partial charge in [-0.05, 0) is 52.0 Å². The molecule has 16 N–H and O–H groups in total. The molecule has 1 aromatic rings. The molecule has 0 aromatic carbocycles. The molecule has 0 saturated carbocycles. The van der Waals surface area contributed by atoms with Crippen LogP contribution in [0, 0.1) is 5.92 Å². The van der Waals surface area contributed by atoms with Crippen LogP contribution in [0.15, 0.2) is 12.5 Å². The molecule has 304 valence electrons. The third-order valence-electron chi connectivity index (χ3n) is 7.90. The second-order valence-electron chi connectivity index (χ2n) is 13.2. The van der Waals surface area contributed by atoms with Gasteiger partial charge in [0.15, 0.2) is 0 Å². The first kappa shape index (κ1) is 46.8. The molecule has 0 aliphatic rings. The fourth-order valence-corrected chi connectivity index (χ4v) is 4.93. The molecule has 1 aromatic heterocycles. The number of aliphatic carboxylic acids is 1. The third kappa shape index (κ3) is 16.7. The maximum Gasteiger partial charge on any atom is 0.326 e. The SMILES string of the molecule is CC(C)C[C@H](NC(=O)[C@H](C)NC(=O)[C@H](CO)NC(=O)[C@@H](N)CC(N)=O)C(=O)N[C@H](C(=O)N[C@@H](CCCCN)C(=O)N[C@@H](Cc1cnc[nH]1)C(=O)O)[C@@H](C)O. The minimum atomic E-state index is -1.64. The Balaban J connectivity index is 3.07. The summed E-state index contributed by atoms with van der Waals surface area (Å²) in [6, 6.07) is -9.88. The molecule has 1 heterocycles. The Bertz CT molecular complexity index is 1420. The van der Waals surface area contributed by atoms with E-state index in [0.29, 0.717) is 18.5 Å². The van der Waals surface area contributed by atoms with Gasteiger partial charge in [-0.25, -0.2) is 9.78 Å². The Labute approximate surface area is 311 Å². The normalized spacial score (nSPS) is 15.6. The van der Waals surface area contributed by atoms with Crippen molar-refractivity contribution >= 4 is 47.3 Å². The van der Waals surface area contributed by atoms with E-state index < -0.39 is 109 Å². The van der Waals surface area contributed by atoms with Crippen LogP contribution < -0.4 is 49.1 Å². The number of imidazole rings is 1. The van der Waals surface area contributed by atoms with Crippen LogP contribution in [0.5, 0.6) is 0 Å². The molecule has 0 spiro atoms. The van der Waals surface area contributed by atoms with Gasteiger partial charge >= 0.3 is 5.97 Å². The number of nitrogens with one attached hydrogen (secondary N) is 7. The number of aromatic nitrogens is 2. The first-order chi connectivity index (χ1) is 25.3. The van der Waals surface area contributed by atoms with E-state index in [4.69, 9.17) is 17.2 Å². The zero-order valence-electron chi connectivity index (χ0n) is 30.8. The number of H-pyrrole nitrogens is 1. The van der Waals surface area contributed by atoms with Gasteiger partial charge in [-0.1, -0.05) is 13.8 Å². The minimum absolute atomic E-state index is 0.0382. The number of carboxylic acids is 1. The summed E-state index contributed by atoms with van der Waals surface area (Å²) in [7, 11) is 0. The minimum Gasteiger partial charge on any atom is -0.480 e. The van der Waals surface area contributed by atoms with Crippen molar-refractivity contribution in [3.63, 3.8) is 0 Å². The number of aliphatic hydroxyl groups excluding tert-OH is 2. The highest BCUT2D eigenvalue weighted by Crippen LogP contribution is 2.09. The van der Waals surface area contributed by atoms with Crippen LogP contribution in [-0.2, 0) is 44.8 Å². The number of primary amides is 1. The van der Waals surface area contributed by atoms with Gasteiger partial charge < -0.3 is 69.4 Å². The van der Waals surface area contributed by atoms with Crippen molar-refractivity contribution in [2.75, 3.05) is 13.2 Å². The van der Waals surface area contributed by atoms with Crippen LogP contribution >= 0.6 is 0 Å². The number of nitrogens with zero attached hydrogens (tertiary/aromatic N) is 1. The van der Waals surface area contributed by atoms with Gasteiger partial charge in [-0.15, -0.1) is 0 Å². The van der Waals surface area contributed by atoms with E-state index >= 15 is 0 Å². The summed E-state index contributed by atoms with van der Waals surface area (Å²) in [5.41, 5.74) is 16.6. The third-order valence-corrected chi connectivity index (χ3v) is 7.90. The fraction of sp³-hybridized carbons (Fsp3) is 0.656. The number of carboxylic acid groups (broad SMARTS) is 1. The predicted molar refractivity (Wildman–Crippen MR) is 190 cm³/mol. The number of hydrogen-bond donors (Lipinski definition) is 13. The smallest absolute Gasteiger partial charge is 0.326 e. The number of aromatic amines is 1. The van der Waals surface area contributed by atoms with Gasteiger partial charge in [0.2, 0.25) is 41.4 Å². The first-order valence-electron chi connectivity index (χ1n) is 17.4. The van der Waals surface area contributed by atoms with Crippen LogP contribution in [0.1, 0.15) is 65.5 Å². The van der Waals surface area contributed by atoms with Crippen LogP contribution in [0.3, 0.4) is 0 Å². The maximum atomic E-state index is 13.5. The molecule has 0 radical (unpaired) electrons. The topological polar surface area (TPSA) is 376 Å². The summed E-state index contributed by atoms with van der Waals surface area (Å²) in [6.45, 7) is 5.35. The van der Waals surface area contributed by atoms with E-state index in [1.165, 1.54) is 26.4 Å². The molecule has 0 unspecified atom stereocenters. The molecule has 8 atom stereocenters. The van der Waals surface area contributed by atoms with Crippen molar-refractivity contribution in [1.82, 2.24) is 41.9 Å². The number of rotatable bonds is 25. The Morgan fingerprint density at radius 2 is 1.35 bits per heavy atom. The van der Waals surface area contributed by atoms with E-state index in [0.717, 1.165) is 0 Å². The molecule has 22 nitrogen and oxygen atoms in total. The van der Waals surface area contributed by atoms with Crippen molar-refractivity contribution in [2.45, 2.75) is 115 Å². The molecule has 0 aliphatic carbocycles. The van der Waals surface area contributed by atoms with Crippen molar-refractivity contribution in [2.24, 2.45) is 23.1 Å². The fourth-order valence-electron chi connectivity index (χ4n) is 4.93. The number of unbranched alkanes of at least 4 members (excludes halogenated alkanes) is 1. The Hall–Kier alpha value is -5.19. The van der Waals surface area contributed by atoms with Crippen molar-refractivity contribution in [3.8, 4) is 0 Å². The summed E-state index contributed by atoms with van der Waals surface area (Å²) < 4.78 is 0. The monoisotopic (exact) mass is 769 g/mol. The summed E-state index contributed by atoms with van der Waals surface area (Å²) in [5, 5.41) is 44.0. The molecule has 0 aliphatic heterocycles. The highest BCUT2D eigenvalue weighted by atomic mass is 16.4. The molecule has 0 saturated heterocycles. The average Bonchev–Trinajstić information content (AvgIpc) is 3.60. The zero-order valence-corrected chi connectivity index (χ0v) is 30.8. The standard InChI is InChI=1S/C32H55N11O11/c1-15(2)9-21(40-26(47)16(3)38-30(51)23(13-44)42-27(48)19(34)11-24(35)46)29(50)43-25(17(4)45)31(52)39-20(7-5-6-8-33)28(49)41-22(32(53)54)10-18-12-36-14-37-18/h12,14-17,19-23,25,44-45H,5-11,13,33-34H2,1-4H3,(H2,35,46)(H,36,37)(H,38,51)(H,39,52)(H,40,47)(H,41,49)(H,42,48)(H,43,50)(H,53,54)/t16-,17+,19-,20-,21-,22-,23-,25-/m0/s1. The number of amides is 7. The lowest BCUT2D eigenvalue weighted by molar-refractivity contribution is -0.142. The van der Waals surface area contributed by atoms with E-state index in [2.05, 4.69) is 41.9 Å². The van der Waals surface area contributed by atoms with E-state index in [1.54, 1.807) is 13.8 Å². The highest BCUT2D eigenvalue weighted by Gasteiger charge is 2.34. The average molecular weight is 770 g/mol. The molecular formula is C32H55N11O11. The molecular weight excluding hydrogens is 714 g/mol. The summed E-state index contributed by atoms with van der Waals surface area (Å²) >= 11 is 0. The second kappa shape index (κ2) is 23.5. The van der Waals surface area contributed by atoms with Crippen LogP contribution in [-0.4, -0.2) is 134 Å². The van der Waals surface area contributed by atoms with Crippen molar-refractivity contribution in [3.05, 3.63) is 18.2 Å². The Morgan fingerprint density at radius 3 is 1.87 bits per heavy atom. The lowest BCUT2D eigenvalue weighted by Crippen LogP contribution is -2.61. The van der Waals surface area contributed by atoms with Crippen molar-refractivity contribution in [1.29, 1.82) is 0 Å². The lowest BCUT2D eigenvalue weighted by Gasteiger charge is -2.28. The lowest BCUT2D eigenvalue weighted by atomic mass is 10.0. The molecule has 0 fully saturated rings. The summed E-state index contributed by atoms with van der Waals surface area (Å²) in [6.07, 6.45) is 1.50. The molecule has 0 bridgehead atoms. The number of carbonyl (C=O) groups is 8. The molecule has 1 rings (SSSR count). The second-order valence-corrected chi connectivity index (χ2v) is 13.2.